The molecule has 1 spiro atoms. The molecule has 0 fully saturated rings. The topological polar surface area (TPSA) is 19.6 Å². The first kappa shape index (κ1) is 37.9. The van der Waals surface area contributed by atoms with Crippen LogP contribution in [0.2, 0.25) is 0 Å². The fraction of sp³-hybridized carbons (Fsp3) is 0.0159. The van der Waals surface area contributed by atoms with Crippen molar-refractivity contribution in [2.45, 2.75) is 5.41 Å². The molecule has 2 aliphatic carbocycles. The van der Waals surface area contributed by atoms with E-state index in [0.717, 1.165) is 56.1 Å². The third kappa shape index (κ3) is 5.28. The highest BCUT2D eigenvalue weighted by molar-refractivity contribution is 7.25. The monoisotopic (exact) mass is 902 g/mol. The minimum Gasteiger partial charge on any atom is -0.456 e. The lowest BCUT2D eigenvalue weighted by atomic mass is 9.73. The van der Waals surface area contributed by atoms with Crippen molar-refractivity contribution >= 4 is 109 Å². The number of anilines is 6. The average Bonchev–Trinajstić information content (AvgIpc) is 4.20. The standard InChI is InChI=1S/C63H38N2OS2/c1-3-15-39(16-4-1)64(41-29-33-57-51(35-41)47-20-8-12-24-56(47)66-57)44-28-32-49-55(38-44)63(62-61(49)50-22-10-14-26-59(50)68-62)53-23-11-7-19-45(53)46-31-27-43(37-54(46)63)65(40-17-5-2-6-18-40)42-30-34-60-52(36-42)48-21-9-13-25-58(48)67-60/h1-38H. The molecule has 10 aromatic carbocycles. The van der Waals surface area contributed by atoms with Gasteiger partial charge in [-0.2, -0.15) is 0 Å². The molecule has 13 aromatic rings. The summed E-state index contributed by atoms with van der Waals surface area (Å²) in [7, 11) is 0. The lowest BCUT2D eigenvalue weighted by Crippen LogP contribution is -2.25. The molecule has 0 saturated heterocycles. The van der Waals surface area contributed by atoms with Gasteiger partial charge in [0.2, 0.25) is 0 Å². The molecule has 0 saturated carbocycles. The molecule has 0 amide bonds. The number of fused-ring (bicyclic) bond motifs is 18. The number of rotatable bonds is 6. The van der Waals surface area contributed by atoms with Crippen LogP contribution in [0, 0.1) is 0 Å². The second-order valence-corrected chi connectivity index (χ2v) is 20.1. The molecular weight excluding hydrogens is 865 g/mol. The van der Waals surface area contributed by atoms with Crippen LogP contribution in [0.4, 0.5) is 34.1 Å². The van der Waals surface area contributed by atoms with Crippen LogP contribution in [0.25, 0.3) is 74.5 Å². The summed E-state index contributed by atoms with van der Waals surface area (Å²) in [5.74, 6) is 0. The first-order chi connectivity index (χ1) is 33.7. The van der Waals surface area contributed by atoms with E-state index >= 15 is 0 Å². The third-order valence-electron chi connectivity index (χ3n) is 14.4. The number of furan rings is 1. The van der Waals surface area contributed by atoms with Crippen LogP contribution in [-0.4, -0.2) is 0 Å². The van der Waals surface area contributed by atoms with Crippen molar-refractivity contribution in [3.05, 3.63) is 252 Å². The molecule has 0 radical (unpaired) electrons. The van der Waals surface area contributed by atoms with Gasteiger partial charge < -0.3 is 14.2 Å². The summed E-state index contributed by atoms with van der Waals surface area (Å²) in [6.45, 7) is 0. The molecule has 15 rings (SSSR count). The number of hydrogen-bond acceptors (Lipinski definition) is 5. The average molecular weight is 903 g/mol. The van der Waals surface area contributed by atoms with Gasteiger partial charge in [0.15, 0.2) is 0 Å². The van der Waals surface area contributed by atoms with Crippen molar-refractivity contribution in [2.75, 3.05) is 9.80 Å². The molecule has 0 bridgehead atoms. The fourth-order valence-corrected chi connectivity index (χ4v) is 14.1. The zero-order valence-electron chi connectivity index (χ0n) is 36.6. The van der Waals surface area contributed by atoms with Gasteiger partial charge in [-0.25, -0.2) is 0 Å². The number of para-hydroxylation sites is 3. The largest absolute Gasteiger partial charge is 0.456 e. The Morgan fingerprint density at radius 3 is 1.56 bits per heavy atom. The third-order valence-corrected chi connectivity index (χ3v) is 16.9. The van der Waals surface area contributed by atoms with E-state index in [1.54, 1.807) is 0 Å². The van der Waals surface area contributed by atoms with Crippen LogP contribution in [0.1, 0.15) is 21.6 Å². The molecule has 3 heterocycles. The summed E-state index contributed by atoms with van der Waals surface area (Å²) in [6, 6.07) is 85.0. The summed E-state index contributed by atoms with van der Waals surface area (Å²) >= 11 is 3.81. The summed E-state index contributed by atoms with van der Waals surface area (Å²) in [4.78, 5) is 6.25. The van der Waals surface area contributed by atoms with Crippen LogP contribution < -0.4 is 9.80 Å². The van der Waals surface area contributed by atoms with Crippen molar-refractivity contribution in [1.29, 1.82) is 0 Å². The van der Waals surface area contributed by atoms with Gasteiger partial charge in [0.05, 0.1) is 5.41 Å². The highest BCUT2D eigenvalue weighted by atomic mass is 32.1. The number of thiophene rings is 2. The second-order valence-electron chi connectivity index (χ2n) is 18.0. The quantitative estimate of drug-likeness (QED) is 0.166. The van der Waals surface area contributed by atoms with E-state index in [2.05, 4.69) is 234 Å². The van der Waals surface area contributed by atoms with Gasteiger partial charge in [0, 0.05) is 85.6 Å². The van der Waals surface area contributed by atoms with E-state index in [1.807, 2.05) is 28.7 Å². The molecule has 0 aliphatic heterocycles. The molecule has 68 heavy (non-hydrogen) atoms. The molecule has 1 unspecified atom stereocenters. The SMILES string of the molecule is c1ccc(N(c2ccc3c(c2)C2(c4ccccc4-c4ccc(N(c5ccccc5)c5ccc6sc7ccccc7c6c5)cc42)c2sc4ccccc4c2-3)c2ccc3oc4ccccc4c3c2)cc1. The highest BCUT2D eigenvalue weighted by Crippen LogP contribution is 2.67. The Bertz CT molecular complexity index is 4180. The van der Waals surface area contributed by atoms with Crippen LogP contribution in [0.15, 0.2) is 235 Å². The summed E-state index contributed by atoms with van der Waals surface area (Å²) in [6.07, 6.45) is 0. The minimum absolute atomic E-state index is 0.588. The Morgan fingerprint density at radius 2 is 0.809 bits per heavy atom. The first-order valence-electron chi connectivity index (χ1n) is 23.1. The van der Waals surface area contributed by atoms with E-state index in [0.29, 0.717) is 0 Å². The summed E-state index contributed by atoms with van der Waals surface area (Å²) < 4.78 is 10.3. The molecule has 2 aliphatic rings. The maximum atomic E-state index is 6.35. The van der Waals surface area contributed by atoms with Crippen molar-refractivity contribution in [2.24, 2.45) is 0 Å². The van der Waals surface area contributed by atoms with Gasteiger partial charge in [0.25, 0.3) is 0 Å². The summed E-state index contributed by atoms with van der Waals surface area (Å²) in [5.41, 5.74) is 17.0. The molecular formula is C63H38N2OS2. The first-order valence-corrected chi connectivity index (χ1v) is 24.8. The van der Waals surface area contributed by atoms with Gasteiger partial charge in [0.1, 0.15) is 11.2 Å². The normalized spacial score (nSPS) is 14.5. The molecule has 0 N–H and O–H groups in total. The number of nitrogens with zero attached hydrogens (tertiary/aromatic N) is 2. The predicted octanol–water partition coefficient (Wildman–Crippen LogP) is 18.5. The molecule has 1 atom stereocenters. The Labute approximate surface area is 400 Å². The molecule has 3 aromatic heterocycles. The molecule has 5 heteroatoms. The number of benzene rings is 10. The lowest BCUT2D eigenvalue weighted by Gasteiger charge is -2.32. The number of hydrogen-bond donors (Lipinski definition) is 0. The zero-order valence-corrected chi connectivity index (χ0v) is 38.2. The second kappa shape index (κ2) is 14.4. The maximum Gasteiger partial charge on any atom is 0.135 e. The van der Waals surface area contributed by atoms with E-state index in [4.69, 9.17) is 4.42 Å². The van der Waals surface area contributed by atoms with E-state index in [9.17, 15) is 0 Å². The van der Waals surface area contributed by atoms with Crippen molar-refractivity contribution < 1.29 is 4.42 Å². The lowest BCUT2D eigenvalue weighted by molar-refractivity contribution is 0.669. The van der Waals surface area contributed by atoms with E-state index in [1.165, 1.54) is 74.1 Å². The Balaban J connectivity index is 0.996. The molecule has 318 valence electrons. The van der Waals surface area contributed by atoms with E-state index in [-0.39, 0.29) is 0 Å². The van der Waals surface area contributed by atoms with Crippen LogP contribution >= 0.6 is 22.7 Å². The van der Waals surface area contributed by atoms with Crippen molar-refractivity contribution in [3.8, 4) is 22.3 Å². The van der Waals surface area contributed by atoms with Crippen LogP contribution in [0.3, 0.4) is 0 Å². The van der Waals surface area contributed by atoms with Crippen LogP contribution in [0.5, 0.6) is 0 Å². The Kier molecular flexibility index (Phi) is 8.03. The van der Waals surface area contributed by atoms with Gasteiger partial charge in [-0.1, -0.05) is 127 Å². The smallest absolute Gasteiger partial charge is 0.135 e. The Morgan fingerprint density at radius 1 is 0.309 bits per heavy atom. The highest BCUT2D eigenvalue weighted by Gasteiger charge is 2.54. The Hall–Kier alpha value is -8.22. The van der Waals surface area contributed by atoms with Gasteiger partial charge >= 0.3 is 0 Å². The van der Waals surface area contributed by atoms with Gasteiger partial charge in [-0.3, -0.25) is 0 Å². The maximum absolute atomic E-state index is 6.35. The zero-order chi connectivity index (χ0) is 44.5. The van der Waals surface area contributed by atoms with Crippen molar-refractivity contribution in [1.82, 2.24) is 0 Å². The van der Waals surface area contributed by atoms with E-state index < -0.39 is 5.41 Å². The van der Waals surface area contributed by atoms with Crippen LogP contribution in [-0.2, 0) is 5.41 Å². The van der Waals surface area contributed by atoms with Gasteiger partial charge in [-0.05, 0) is 137 Å². The van der Waals surface area contributed by atoms with Gasteiger partial charge in [-0.15, -0.1) is 22.7 Å². The fourth-order valence-electron chi connectivity index (χ4n) is 11.6. The predicted molar refractivity (Wildman–Crippen MR) is 288 cm³/mol. The minimum atomic E-state index is -0.588. The summed E-state index contributed by atoms with van der Waals surface area (Å²) in [5, 5.41) is 6.10. The van der Waals surface area contributed by atoms with Crippen molar-refractivity contribution in [3.63, 3.8) is 0 Å². The molecule has 3 nitrogen and oxygen atoms in total.